The standard InChI is InChI=1S/C39H39F2N7O4/c1-4-27-30(40)7-6-24-16-26(49)17-28(32(24)27)34-33(41)35-29(19-43-34)36(48-11-10-38(3,21-42)18-25(20-48)44-31(50)5-2)46-37(45-35)52-23-39(8-9-39)22-47-12-14-51-15-13-47/h1,5-7,16-17,19,25,49H,2,8-15,18,20,22-23H2,3H3,(H,44,50)/t25-,38-/m1/s1. The van der Waals surface area contributed by atoms with Crippen molar-refractivity contribution in [3.8, 4) is 41.4 Å². The lowest BCUT2D eigenvalue weighted by molar-refractivity contribution is -0.117. The minimum absolute atomic E-state index is 0.0399. The molecule has 2 saturated heterocycles. The minimum atomic E-state index is -0.840. The number of amides is 1. The largest absolute Gasteiger partial charge is 0.508 e. The van der Waals surface area contributed by atoms with Gasteiger partial charge in [0.2, 0.25) is 5.91 Å². The molecule has 3 fully saturated rings. The number of nitriles is 1. The molecule has 11 nitrogen and oxygen atoms in total. The van der Waals surface area contributed by atoms with Crippen molar-refractivity contribution in [1.82, 2.24) is 25.2 Å². The molecule has 2 atom stereocenters. The third-order valence-corrected chi connectivity index (χ3v) is 10.4. The van der Waals surface area contributed by atoms with E-state index in [0.717, 1.165) is 32.5 Å². The third kappa shape index (κ3) is 6.94. The van der Waals surface area contributed by atoms with Gasteiger partial charge < -0.3 is 24.8 Å². The number of morpholine rings is 1. The van der Waals surface area contributed by atoms with Gasteiger partial charge in [-0.1, -0.05) is 18.6 Å². The van der Waals surface area contributed by atoms with Gasteiger partial charge >= 0.3 is 6.01 Å². The number of benzene rings is 2. The van der Waals surface area contributed by atoms with Gasteiger partial charge in [-0.05, 0) is 62.3 Å². The van der Waals surface area contributed by atoms with Gasteiger partial charge in [0.05, 0.1) is 42.3 Å². The number of carbonyl (C=O) groups excluding carboxylic acids is 1. The number of hydrogen-bond acceptors (Lipinski definition) is 10. The van der Waals surface area contributed by atoms with Crippen LogP contribution in [-0.2, 0) is 9.53 Å². The maximum absolute atomic E-state index is 17.0. The van der Waals surface area contributed by atoms with Crippen molar-refractivity contribution in [3.05, 3.63) is 60.3 Å². The number of aromatic nitrogens is 3. The first-order valence-corrected chi connectivity index (χ1v) is 17.3. The van der Waals surface area contributed by atoms with E-state index in [4.69, 9.17) is 20.9 Å². The highest BCUT2D eigenvalue weighted by atomic mass is 19.1. The molecule has 1 aliphatic carbocycles. The average Bonchev–Trinajstić information content (AvgIpc) is 3.94. The van der Waals surface area contributed by atoms with Crippen molar-refractivity contribution < 1.29 is 28.2 Å². The monoisotopic (exact) mass is 707 g/mol. The number of pyridine rings is 1. The number of halogens is 2. The number of phenolic OH excluding ortho intramolecular Hbond substituents is 1. The van der Waals surface area contributed by atoms with Gasteiger partial charge in [-0.15, -0.1) is 6.42 Å². The fourth-order valence-corrected chi connectivity index (χ4v) is 7.34. The lowest BCUT2D eigenvalue weighted by Crippen LogP contribution is -2.43. The molecular formula is C39H39F2N7O4. The summed E-state index contributed by atoms with van der Waals surface area (Å²) < 4.78 is 43.8. The summed E-state index contributed by atoms with van der Waals surface area (Å²) in [6.07, 6.45) is 11.1. The van der Waals surface area contributed by atoms with Crippen molar-refractivity contribution in [2.24, 2.45) is 10.8 Å². The zero-order chi connectivity index (χ0) is 36.6. The van der Waals surface area contributed by atoms with Gasteiger partial charge in [0, 0.05) is 61.3 Å². The fraction of sp³-hybridized carbons (Fsp3) is 0.410. The maximum Gasteiger partial charge on any atom is 0.319 e. The number of anilines is 1. The van der Waals surface area contributed by atoms with E-state index in [1.807, 2.05) is 11.8 Å². The first-order valence-electron chi connectivity index (χ1n) is 17.3. The van der Waals surface area contributed by atoms with Crippen LogP contribution in [0.15, 0.2) is 43.1 Å². The van der Waals surface area contributed by atoms with Crippen molar-refractivity contribution >= 4 is 33.4 Å². The quantitative estimate of drug-likeness (QED) is 0.179. The highest BCUT2D eigenvalue weighted by Crippen LogP contribution is 2.47. The molecule has 1 amide bonds. The summed E-state index contributed by atoms with van der Waals surface area (Å²) in [4.78, 5) is 30.6. The molecule has 3 aliphatic rings. The number of nitrogens with zero attached hydrogens (tertiary/aromatic N) is 6. The van der Waals surface area contributed by atoms with Crippen molar-refractivity contribution in [2.45, 2.75) is 38.6 Å². The fourth-order valence-electron chi connectivity index (χ4n) is 7.34. The Bertz CT molecular complexity index is 2160. The Kier molecular flexibility index (Phi) is 9.42. The zero-order valence-corrected chi connectivity index (χ0v) is 28.9. The van der Waals surface area contributed by atoms with Crippen LogP contribution in [0.3, 0.4) is 0 Å². The molecule has 0 radical (unpaired) electrons. The molecule has 4 heterocycles. The van der Waals surface area contributed by atoms with E-state index in [9.17, 15) is 19.6 Å². The lowest BCUT2D eigenvalue weighted by atomic mass is 9.83. The molecule has 4 aromatic rings. The number of fused-ring (bicyclic) bond motifs is 2. The number of hydrogen-bond donors (Lipinski definition) is 2. The first-order chi connectivity index (χ1) is 25.0. The molecule has 2 aliphatic heterocycles. The summed E-state index contributed by atoms with van der Waals surface area (Å²) in [5.74, 6) is 0.620. The molecule has 0 bridgehead atoms. The van der Waals surface area contributed by atoms with Gasteiger partial charge in [-0.25, -0.2) is 8.78 Å². The number of carbonyl (C=O) groups is 1. The molecule has 0 spiro atoms. The molecule has 268 valence electrons. The van der Waals surface area contributed by atoms with E-state index in [0.29, 0.717) is 50.4 Å². The van der Waals surface area contributed by atoms with Crippen LogP contribution in [0.2, 0.25) is 0 Å². The summed E-state index contributed by atoms with van der Waals surface area (Å²) in [6, 6.07) is 7.28. The van der Waals surface area contributed by atoms with Crippen molar-refractivity contribution in [2.75, 3.05) is 57.4 Å². The predicted molar refractivity (Wildman–Crippen MR) is 192 cm³/mol. The van der Waals surface area contributed by atoms with Crippen LogP contribution < -0.4 is 15.0 Å². The number of nitrogens with one attached hydrogen (secondary N) is 1. The van der Waals surface area contributed by atoms with E-state index >= 15 is 4.39 Å². The number of terminal acetylenes is 1. The van der Waals surface area contributed by atoms with Crippen molar-refractivity contribution in [1.29, 1.82) is 5.26 Å². The smallest absolute Gasteiger partial charge is 0.319 e. The second kappa shape index (κ2) is 14.0. The molecular weight excluding hydrogens is 668 g/mol. The molecule has 7 rings (SSSR count). The Morgan fingerprint density at radius 3 is 2.73 bits per heavy atom. The number of phenols is 1. The lowest BCUT2D eigenvalue weighted by Gasteiger charge is -2.30. The van der Waals surface area contributed by atoms with Gasteiger partial charge in [0.15, 0.2) is 5.82 Å². The van der Waals surface area contributed by atoms with Crippen LogP contribution in [0.4, 0.5) is 14.6 Å². The van der Waals surface area contributed by atoms with Gasteiger partial charge in [-0.3, -0.25) is 14.7 Å². The first kappa shape index (κ1) is 35.1. The van der Waals surface area contributed by atoms with E-state index in [1.54, 1.807) is 0 Å². The van der Waals surface area contributed by atoms with Crippen LogP contribution in [-0.4, -0.2) is 89.5 Å². The van der Waals surface area contributed by atoms with Gasteiger partial charge in [-0.2, -0.15) is 15.2 Å². The van der Waals surface area contributed by atoms with Crippen LogP contribution in [0.25, 0.3) is 32.9 Å². The Morgan fingerprint density at radius 1 is 1.23 bits per heavy atom. The SMILES string of the molecule is C#Cc1c(F)ccc2cc(O)cc(-c3ncc4c(N5CC[C@@](C)(C#N)C[C@@H](NC(=O)C=C)C5)nc(OCC5(CN6CCOCC6)CC5)nc4c3F)c12. The molecule has 1 saturated carbocycles. The van der Waals surface area contributed by atoms with Crippen LogP contribution in [0.5, 0.6) is 11.8 Å². The second-order valence-electron chi connectivity index (χ2n) is 14.3. The Labute approximate surface area is 300 Å². The topological polar surface area (TPSA) is 137 Å². The summed E-state index contributed by atoms with van der Waals surface area (Å²) in [5, 5.41) is 24.5. The predicted octanol–water partition coefficient (Wildman–Crippen LogP) is 5.10. The van der Waals surface area contributed by atoms with Crippen LogP contribution in [0.1, 0.15) is 38.2 Å². The summed E-state index contributed by atoms with van der Waals surface area (Å²) in [7, 11) is 0. The highest BCUT2D eigenvalue weighted by Gasteiger charge is 2.45. The normalized spacial score (nSPS) is 21.6. The number of aromatic hydroxyl groups is 1. The Morgan fingerprint density at radius 2 is 2.02 bits per heavy atom. The van der Waals surface area contributed by atoms with Crippen LogP contribution in [0, 0.1) is 46.1 Å². The molecule has 13 heteroatoms. The van der Waals surface area contributed by atoms with Gasteiger partial charge in [0.25, 0.3) is 0 Å². The highest BCUT2D eigenvalue weighted by molar-refractivity contribution is 6.03. The summed E-state index contributed by atoms with van der Waals surface area (Å²) >= 11 is 0. The van der Waals surface area contributed by atoms with Crippen molar-refractivity contribution in [3.63, 3.8) is 0 Å². The number of rotatable bonds is 9. The Balaban J connectivity index is 1.34. The Hall–Kier alpha value is -5.37. The van der Waals surface area contributed by atoms with E-state index in [1.165, 1.54) is 36.5 Å². The summed E-state index contributed by atoms with van der Waals surface area (Å²) in [5.41, 5.74) is -1.14. The average molecular weight is 708 g/mol. The molecule has 2 N–H and O–H groups in total. The van der Waals surface area contributed by atoms with E-state index in [2.05, 4.69) is 38.8 Å². The molecule has 52 heavy (non-hydrogen) atoms. The molecule has 2 aromatic heterocycles. The summed E-state index contributed by atoms with van der Waals surface area (Å²) in [6.45, 7) is 10.2. The van der Waals surface area contributed by atoms with Crippen LogP contribution >= 0.6 is 0 Å². The maximum atomic E-state index is 17.0. The van der Waals surface area contributed by atoms with E-state index in [-0.39, 0.29) is 62.7 Å². The molecule has 0 unspecified atom stereocenters. The minimum Gasteiger partial charge on any atom is -0.508 e. The second-order valence-corrected chi connectivity index (χ2v) is 14.3. The third-order valence-electron chi connectivity index (χ3n) is 10.4. The van der Waals surface area contributed by atoms with Gasteiger partial charge in [0.1, 0.15) is 28.6 Å². The van der Waals surface area contributed by atoms with E-state index < -0.39 is 23.1 Å². The number of ether oxygens (including phenoxy) is 2. The molecule has 2 aromatic carbocycles. The zero-order valence-electron chi connectivity index (χ0n) is 28.9.